The number of nitrogens with two attached hydrogens (primary N) is 2. The summed E-state index contributed by atoms with van der Waals surface area (Å²) in [6, 6.07) is -4.46. The predicted molar refractivity (Wildman–Crippen MR) is 117 cm³/mol. The van der Waals surface area contributed by atoms with Gasteiger partial charge in [0.2, 0.25) is 23.6 Å². The number of carbonyl (C=O) groups is 5. The standard InChI is InChI=1S/C17H31N5O6S2/c1-8(2)5-9(18)14(24)20-10(3-4-13(19)23)15(25)21-11(6-29)16(26)22-12(7-30)17(27)28/h8-12,29-30H,3-7,18H2,1-2H3,(H2,19,23)(H,20,24)(H,21,25)(H,22,26)(H,27,28)/t9-,10-,11-,12-/m0/s1. The first-order valence-corrected chi connectivity index (χ1v) is 10.6. The fourth-order valence-electron chi connectivity index (χ4n) is 2.37. The number of hydrogen-bond acceptors (Lipinski definition) is 8. The topological polar surface area (TPSA) is 194 Å². The van der Waals surface area contributed by atoms with Gasteiger partial charge in [0.15, 0.2) is 0 Å². The third-order valence-corrected chi connectivity index (χ3v) is 4.72. The van der Waals surface area contributed by atoms with Gasteiger partial charge in [-0.25, -0.2) is 4.79 Å². The smallest absolute Gasteiger partial charge is 0.327 e. The molecule has 0 radical (unpaired) electrons. The second-order valence-corrected chi connectivity index (χ2v) is 7.86. The highest BCUT2D eigenvalue weighted by Crippen LogP contribution is 2.05. The van der Waals surface area contributed by atoms with Gasteiger partial charge < -0.3 is 32.5 Å². The van der Waals surface area contributed by atoms with Crippen LogP contribution >= 0.6 is 25.3 Å². The van der Waals surface area contributed by atoms with Gasteiger partial charge in [0.1, 0.15) is 18.1 Å². The maximum atomic E-state index is 12.6. The molecule has 0 aromatic heterocycles. The van der Waals surface area contributed by atoms with Gasteiger partial charge in [-0.05, 0) is 18.8 Å². The van der Waals surface area contributed by atoms with Crippen molar-refractivity contribution >= 4 is 54.9 Å². The van der Waals surface area contributed by atoms with E-state index in [1.165, 1.54) is 0 Å². The van der Waals surface area contributed by atoms with Crippen LogP contribution in [-0.4, -0.2) is 70.4 Å². The Labute approximate surface area is 186 Å². The second kappa shape index (κ2) is 14.1. The van der Waals surface area contributed by atoms with E-state index in [1.807, 2.05) is 13.8 Å². The van der Waals surface area contributed by atoms with Crippen molar-refractivity contribution in [3.05, 3.63) is 0 Å². The maximum absolute atomic E-state index is 12.6. The number of carboxylic acid groups (broad SMARTS) is 1. The maximum Gasteiger partial charge on any atom is 0.327 e. The molecule has 0 aromatic rings. The first kappa shape index (κ1) is 28.0. The van der Waals surface area contributed by atoms with Gasteiger partial charge in [-0.15, -0.1) is 0 Å². The third-order valence-electron chi connectivity index (χ3n) is 3.99. The molecule has 8 N–H and O–H groups in total. The van der Waals surface area contributed by atoms with Gasteiger partial charge in [-0.2, -0.15) is 25.3 Å². The summed E-state index contributed by atoms with van der Waals surface area (Å²) in [5, 5.41) is 16.1. The molecule has 0 heterocycles. The van der Waals surface area contributed by atoms with E-state index >= 15 is 0 Å². The molecule has 4 atom stereocenters. The fraction of sp³-hybridized carbons (Fsp3) is 0.706. The highest BCUT2D eigenvalue weighted by Gasteiger charge is 2.29. The Morgan fingerprint density at radius 1 is 0.867 bits per heavy atom. The molecule has 0 rings (SSSR count). The lowest BCUT2D eigenvalue weighted by Crippen LogP contribution is -2.58. The quantitative estimate of drug-likeness (QED) is 0.136. The van der Waals surface area contributed by atoms with Gasteiger partial charge in [-0.1, -0.05) is 13.8 Å². The molecule has 4 amide bonds. The van der Waals surface area contributed by atoms with Crippen LogP contribution in [0.3, 0.4) is 0 Å². The monoisotopic (exact) mass is 465 g/mol. The van der Waals surface area contributed by atoms with Crippen LogP contribution in [0.15, 0.2) is 0 Å². The average molecular weight is 466 g/mol. The van der Waals surface area contributed by atoms with Crippen molar-refractivity contribution in [1.29, 1.82) is 0 Å². The van der Waals surface area contributed by atoms with Crippen molar-refractivity contribution in [3.63, 3.8) is 0 Å². The van der Waals surface area contributed by atoms with Crippen molar-refractivity contribution in [2.45, 2.75) is 57.3 Å². The average Bonchev–Trinajstić information content (AvgIpc) is 2.65. The molecule has 13 heteroatoms. The van der Waals surface area contributed by atoms with E-state index < -0.39 is 53.8 Å². The molecule has 0 bridgehead atoms. The molecular weight excluding hydrogens is 434 g/mol. The summed E-state index contributed by atoms with van der Waals surface area (Å²) in [6.07, 6.45) is 0.102. The Bertz CT molecular complexity index is 634. The van der Waals surface area contributed by atoms with Crippen LogP contribution in [0.5, 0.6) is 0 Å². The Hall–Kier alpha value is -1.99. The Balaban J connectivity index is 5.22. The lowest BCUT2D eigenvalue weighted by atomic mass is 10.0. The van der Waals surface area contributed by atoms with E-state index in [4.69, 9.17) is 16.6 Å². The molecule has 0 aliphatic rings. The minimum absolute atomic E-state index is 0.101. The Morgan fingerprint density at radius 2 is 1.33 bits per heavy atom. The second-order valence-electron chi connectivity index (χ2n) is 7.13. The molecule has 0 aromatic carbocycles. The van der Waals surface area contributed by atoms with Crippen molar-refractivity contribution < 1.29 is 29.1 Å². The zero-order valence-electron chi connectivity index (χ0n) is 17.0. The van der Waals surface area contributed by atoms with Crippen LogP contribution < -0.4 is 27.4 Å². The number of amides is 4. The largest absolute Gasteiger partial charge is 0.480 e. The lowest BCUT2D eigenvalue weighted by Gasteiger charge is -2.24. The molecule has 11 nitrogen and oxygen atoms in total. The molecule has 0 fully saturated rings. The highest BCUT2D eigenvalue weighted by atomic mass is 32.1. The summed E-state index contributed by atoms with van der Waals surface area (Å²) < 4.78 is 0. The zero-order valence-corrected chi connectivity index (χ0v) is 18.7. The van der Waals surface area contributed by atoms with Gasteiger partial charge in [0.25, 0.3) is 0 Å². The van der Waals surface area contributed by atoms with Crippen molar-refractivity contribution in [2.75, 3.05) is 11.5 Å². The summed E-state index contributed by atoms with van der Waals surface area (Å²) in [4.78, 5) is 59.3. The van der Waals surface area contributed by atoms with E-state index in [0.717, 1.165) is 0 Å². The van der Waals surface area contributed by atoms with E-state index in [0.29, 0.717) is 6.42 Å². The van der Waals surface area contributed by atoms with Crippen LogP contribution in [0.1, 0.15) is 33.1 Å². The zero-order chi connectivity index (χ0) is 23.4. The van der Waals surface area contributed by atoms with E-state index in [9.17, 15) is 24.0 Å². The first-order valence-electron chi connectivity index (χ1n) is 9.32. The number of thiol groups is 2. The minimum Gasteiger partial charge on any atom is -0.480 e. The van der Waals surface area contributed by atoms with E-state index in [2.05, 4.69) is 41.2 Å². The number of primary amides is 1. The van der Waals surface area contributed by atoms with Gasteiger partial charge in [0, 0.05) is 17.9 Å². The molecule has 30 heavy (non-hydrogen) atoms. The van der Waals surface area contributed by atoms with Crippen LogP contribution in [0.4, 0.5) is 0 Å². The summed E-state index contributed by atoms with van der Waals surface area (Å²) in [6.45, 7) is 3.77. The molecule has 0 spiro atoms. The van der Waals surface area contributed by atoms with E-state index in [1.54, 1.807) is 0 Å². The molecule has 0 saturated carbocycles. The lowest BCUT2D eigenvalue weighted by molar-refractivity contribution is -0.141. The number of carboxylic acids is 1. The highest BCUT2D eigenvalue weighted by molar-refractivity contribution is 7.80. The van der Waals surface area contributed by atoms with E-state index in [-0.39, 0.29) is 30.3 Å². The summed E-state index contributed by atoms with van der Waals surface area (Å²) in [5.41, 5.74) is 10.9. The molecule has 172 valence electrons. The minimum atomic E-state index is -1.28. The number of hydrogen-bond donors (Lipinski definition) is 8. The Morgan fingerprint density at radius 3 is 1.77 bits per heavy atom. The number of carbonyl (C=O) groups excluding carboxylic acids is 4. The number of aliphatic carboxylic acids is 1. The normalized spacial score (nSPS) is 14.9. The van der Waals surface area contributed by atoms with Crippen molar-refractivity contribution in [1.82, 2.24) is 16.0 Å². The number of nitrogens with one attached hydrogen (secondary N) is 3. The first-order chi connectivity index (χ1) is 13.9. The van der Waals surface area contributed by atoms with Gasteiger partial charge >= 0.3 is 5.97 Å². The SMILES string of the molecule is CC(C)C[C@H](N)C(=O)N[C@@H](CCC(N)=O)C(=O)N[C@@H](CS)C(=O)N[C@@H](CS)C(=O)O. The molecule has 0 unspecified atom stereocenters. The van der Waals surface area contributed by atoms with Crippen LogP contribution in [0.25, 0.3) is 0 Å². The number of rotatable bonds is 14. The predicted octanol–water partition coefficient (Wildman–Crippen LogP) is -1.98. The summed E-state index contributed by atoms with van der Waals surface area (Å²) in [5.74, 6) is -4.22. The Kier molecular flexibility index (Phi) is 13.2. The summed E-state index contributed by atoms with van der Waals surface area (Å²) >= 11 is 7.85. The molecular formula is C17H31N5O6S2. The summed E-state index contributed by atoms with van der Waals surface area (Å²) in [7, 11) is 0. The van der Waals surface area contributed by atoms with Crippen LogP contribution in [-0.2, 0) is 24.0 Å². The van der Waals surface area contributed by atoms with Gasteiger partial charge in [-0.3, -0.25) is 19.2 Å². The molecule has 0 aliphatic carbocycles. The van der Waals surface area contributed by atoms with Gasteiger partial charge in [0.05, 0.1) is 6.04 Å². The van der Waals surface area contributed by atoms with Crippen LogP contribution in [0, 0.1) is 5.92 Å². The van der Waals surface area contributed by atoms with Crippen LogP contribution in [0.2, 0.25) is 0 Å². The van der Waals surface area contributed by atoms with Crippen molar-refractivity contribution in [2.24, 2.45) is 17.4 Å². The molecule has 0 saturated heterocycles. The third kappa shape index (κ3) is 10.7. The molecule has 0 aliphatic heterocycles. The van der Waals surface area contributed by atoms with Crippen molar-refractivity contribution in [3.8, 4) is 0 Å². The fourth-order valence-corrected chi connectivity index (χ4v) is 2.88.